The fourth-order valence-electron chi connectivity index (χ4n) is 5.06. The third kappa shape index (κ3) is 5.08. The summed E-state index contributed by atoms with van der Waals surface area (Å²) in [7, 11) is -1.94. The monoisotopic (exact) mass is 501 g/mol. The van der Waals surface area contributed by atoms with Crippen molar-refractivity contribution < 1.29 is 18.3 Å². The number of nitrogens with zero attached hydrogens (tertiary/aromatic N) is 3. The maximum Gasteiger partial charge on any atom is 0.256 e. The SMILES string of the molecule is CCCc1cn(C)c(=O)c2c1N=C(c1cc(S(=O)(=O)N3CCC(CCO)CC3)ccc1OCC)C2. The highest BCUT2D eigenvalue weighted by Gasteiger charge is 2.31. The first-order valence-corrected chi connectivity index (χ1v) is 13.9. The second-order valence-corrected chi connectivity index (χ2v) is 11.3. The van der Waals surface area contributed by atoms with Gasteiger partial charge in [0.1, 0.15) is 5.75 Å². The maximum absolute atomic E-state index is 13.5. The first kappa shape index (κ1) is 25.6. The molecule has 190 valence electrons. The van der Waals surface area contributed by atoms with Gasteiger partial charge in [-0.15, -0.1) is 0 Å². The van der Waals surface area contributed by atoms with E-state index in [0.717, 1.165) is 31.2 Å². The van der Waals surface area contributed by atoms with Crippen LogP contribution in [0, 0.1) is 5.92 Å². The smallest absolute Gasteiger partial charge is 0.256 e. The van der Waals surface area contributed by atoms with Crippen molar-refractivity contribution >= 4 is 21.4 Å². The Labute approximate surface area is 207 Å². The minimum Gasteiger partial charge on any atom is -0.493 e. The topological polar surface area (TPSA) is 101 Å². The molecule has 0 bridgehead atoms. The maximum atomic E-state index is 13.5. The summed E-state index contributed by atoms with van der Waals surface area (Å²) in [5.74, 6) is 0.919. The van der Waals surface area contributed by atoms with Gasteiger partial charge in [-0.25, -0.2) is 8.42 Å². The van der Waals surface area contributed by atoms with Crippen LogP contribution in [0.5, 0.6) is 5.75 Å². The molecule has 2 aliphatic heterocycles. The lowest BCUT2D eigenvalue weighted by molar-refractivity contribution is 0.208. The Bertz CT molecular complexity index is 1270. The lowest BCUT2D eigenvalue weighted by atomic mass is 9.95. The molecule has 1 saturated heterocycles. The first-order chi connectivity index (χ1) is 16.8. The summed E-state index contributed by atoms with van der Waals surface area (Å²) >= 11 is 0. The molecule has 1 aromatic heterocycles. The van der Waals surface area contributed by atoms with Gasteiger partial charge in [-0.05, 0) is 62.3 Å². The number of aliphatic hydroxyl groups excluding tert-OH is 1. The van der Waals surface area contributed by atoms with Crippen LogP contribution in [0.25, 0.3) is 0 Å². The zero-order valence-electron chi connectivity index (χ0n) is 20.8. The van der Waals surface area contributed by atoms with Crippen LogP contribution in [0.1, 0.15) is 56.2 Å². The molecule has 4 rings (SSSR count). The third-order valence-electron chi connectivity index (χ3n) is 6.94. The average Bonchev–Trinajstić information content (AvgIpc) is 3.29. The molecule has 0 aliphatic carbocycles. The number of piperidine rings is 1. The van der Waals surface area contributed by atoms with Crippen molar-refractivity contribution in [2.24, 2.45) is 18.0 Å². The standard InChI is InChI=1S/C26H35N3O5S/c1-4-6-19-17-28(3)26(31)22-16-23(27-25(19)22)21-15-20(7-8-24(21)34-5-2)35(32,33)29-12-9-18(10-13-29)11-14-30/h7-8,15,17-18,30H,4-6,9-14,16H2,1-3H3. The van der Waals surface area contributed by atoms with E-state index >= 15 is 0 Å². The molecular formula is C26H35N3O5S. The molecule has 0 amide bonds. The van der Waals surface area contributed by atoms with Gasteiger partial charge >= 0.3 is 0 Å². The number of hydrogen-bond acceptors (Lipinski definition) is 6. The first-order valence-electron chi connectivity index (χ1n) is 12.5. The number of aliphatic imine (C=N–C) groups is 1. The molecule has 1 aromatic carbocycles. The summed E-state index contributed by atoms with van der Waals surface area (Å²) in [5.41, 5.74) is 3.58. The Hall–Kier alpha value is -2.49. The van der Waals surface area contributed by atoms with Gasteiger partial charge in [0, 0.05) is 50.5 Å². The molecule has 2 aliphatic rings. The Kier molecular flexibility index (Phi) is 7.78. The number of sulfonamides is 1. The summed E-state index contributed by atoms with van der Waals surface area (Å²) in [6.07, 6.45) is 6.14. The third-order valence-corrected chi connectivity index (χ3v) is 8.83. The van der Waals surface area contributed by atoms with Crippen LogP contribution in [-0.4, -0.2) is 54.4 Å². The van der Waals surface area contributed by atoms with Crippen molar-refractivity contribution in [3.8, 4) is 5.75 Å². The molecule has 0 saturated carbocycles. The van der Waals surface area contributed by atoms with E-state index in [1.165, 1.54) is 4.31 Å². The van der Waals surface area contributed by atoms with E-state index in [9.17, 15) is 18.3 Å². The number of rotatable bonds is 9. The normalized spacial score (nSPS) is 16.9. The van der Waals surface area contributed by atoms with E-state index in [-0.39, 0.29) is 17.1 Å². The van der Waals surface area contributed by atoms with Crippen LogP contribution in [0.3, 0.4) is 0 Å². The fourth-order valence-corrected chi connectivity index (χ4v) is 6.55. The van der Waals surface area contributed by atoms with Crippen molar-refractivity contribution in [2.75, 3.05) is 26.3 Å². The van der Waals surface area contributed by atoms with Gasteiger partial charge in [-0.2, -0.15) is 4.31 Å². The number of ether oxygens (including phenoxy) is 1. The summed E-state index contributed by atoms with van der Waals surface area (Å²) in [6.45, 7) is 5.42. The van der Waals surface area contributed by atoms with Crippen LogP contribution in [0.4, 0.5) is 5.69 Å². The molecule has 1 N–H and O–H groups in total. The van der Waals surface area contributed by atoms with Crippen molar-refractivity contribution in [2.45, 2.75) is 57.3 Å². The zero-order valence-corrected chi connectivity index (χ0v) is 21.6. The Morgan fingerprint density at radius 2 is 1.94 bits per heavy atom. The Morgan fingerprint density at radius 1 is 1.20 bits per heavy atom. The Balaban J connectivity index is 1.71. The number of aryl methyl sites for hydroxylation is 2. The molecule has 0 radical (unpaired) electrons. The van der Waals surface area contributed by atoms with Crippen molar-refractivity contribution in [3.63, 3.8) is 0 Å². The molecule has 2 aromatic rings. The molecule has 0 atom stereocenters. The van der Waals surface area contributed by atoms with Crippen LogP contribution < -0.4 is 10.3 Å². The van der Waals surface area contributed by atoms with Crippen LogP contribution in [0.2, 0.25) is 0 Å². The van der Waals surface area contributed by atoms with Gasteiger partial charge in [0.2, 0.25) is 10.0 Å². The van der Waals surface area contributed by atoms with Crippen molar-refractivity contribution in [3.05, 3.63) is 51.4 Å². The zero-order chi connectivity index (χ0) is 25.2. The highest BCUT2D eigenvalue weighted by Crippen LogP contribution is 2.35. The predicted octanol–water partition coefficient (Wildman–Crippen LogP) is 3.20. The van der Waals surface area contributed by atoms with Crippen molar-refractivity contribution in [1.29, 1.82) is 0 Å². The molecule has 1 fully saturated rings. The van der Waals surface area contributed by atoms with Gasteiger partial charge in [-0.1, -0.05) is 13.3 Å². The minimum absolute atomic E-state index is 0.0777. The van der Waals surface area contributed by atoms with Gasteiger partial charge < -0.3 is 14.4 Å². The molecule has 8 nitrogen and oxygen atoms in total. The largest absolute Gasteiger partial charge is 0.493 e. The van der Waals surface area contributed by atoms with Gasteiger partial charge in [0.15, 0.2) is 0 Å². The predicted molar refractivity (Wildman–Crippen MR) is 136 cm³/mol. The number of benzene rings is 1. The average molecular weight is 502 g/mol. The van der Waals surface area contributed by atoms with E-state index in [1.54, 1.807) is 29.8 Å². The van der Waals surface area contributed by atoms with Crippen LogP contribution >= 0.6 is 0 Å². The van der Waals surface area contributed by atoms with Crippen LogP contribution in [0.15, 0.2) is 39.1 Å². The van der Waals surface area contributed by atoms with Crippen LogP contribution in [-0.2, 0) is 29.9 Å². The van der Waals surface area contributed by atoms with Gasteiger partial charge in [0.25, 0.3) is 5.56 Å². The summed E-state index contributed by atoms with van der Waals surface area (Å²) < 4.78 is 35.9. The summed E-state index contributed by atoms with van der Waals surface area (Å²) in [5, 5.41) is 9.19. The second kappa shape index (κ2) is 10.6. The molecule has 3 heterocycles. The minimum atomic E-state index is -3.69. The van der Waals surface area contributed by atoms with E-state index in [4.69, 9.17) is 9.73 Å². The highest BCUT2D eigenvalue weighted by atomic mass is 32.2. The molecular weight excluding hydrogens is 466 g/mol. The molecule has 0 spiro atoms. The molecule has 35 heavy (non-hydrogen) atoms. The lowest BCUT2D eigenvalue weighted by Crippen LogP contribution is -2.38. The molecule has 9 heteroatoms. The van der Waals surface area contributed by atoms with E-state index in [2.05, 4.69) is 6.92 Å². The molecule has 0 unspecified atom stereocenters. The van der Waals surface area contributed by atoms with E-state index < -0.39 is 10.0 Å². The fraction of sp³-hybridized carbons (Fsp3) is 0.538. The lowest BCUT2D eigenvalue weighted by Gasteiger charge is -2.31. The highest BCUT2D eigenvalue weighted by molar-refractivity contribution is 7.89. The number of fused-ring (bicyclic) bond motifs is 1. The van der Waals surface area contributed by atoms with E-state index in [1.807, 2.05) is 13.1 Å². The van der Waals surface area contributed by atoms with Crippen molar-refractivity contribution in [1.82, 2.24) is 8.87 Å². The van der Waals surface area contributed by atoms with E-state index in [0.29, 0.717) is 66.7 Å². The number of pyridine rings is 1. The number of hydrogen-bond donors (Lipinski definition) is 1. The van der Waals surface area contributed by atoms with Gasteiger partial charge in [-0.3, -0.25) is 9.79 Å². The quantitative estimate of drug-likeness (QED) is 0.569. The number of aliphatic hydroxyl groups is 1. The second-order valence-electron chi connectivity index (χ2n) is 9.33. The van der Waals surface area contributed by atoms with Gasteiger partial charge in [0.05, 0.1) is 22.9 Å². The number of aromatic nitrogens is 1. The summed E-state index contributed by atoms with van der Waals surface area (Å²) in [6, 6.07) is 4.93. The summed E-state index contributed by atoms with van der Waals surface area (Å²) in [4.78, 5) is 17.9. The Morgan fingerprint density at radius 3 is 2.60 bits per heavy atom.